The van der Waals surface area contributed by atoms with Crippen LogP contribution in [0.3, 0.4) is 0 Å². The number of carbonyl (C=O) groups is 1. The van der Waals surface area contributed by atoms with Crippen molar-refractivity contribution in [3.05, 3.63) is 35.4 Å². The average Bonchev–Trinajstić information content (AvgIpc) is 3.25. The second-order valence-electron chi connectivity index (χ2n) is 14.4. The van der Waals surface area contributed by atoms with E-state index >= 15 is 0 Å². The van der Waals surface area contributed by atoms with Crippen LogP contribution in [0.25, 0.3) is 0 Å². The molecule has 0 bridgehead atoms. The molecule has 0 saturated carbocycles. The zero-order valence-electron chi connectivity index (χ0n) is 32.5. The number of carbonyl (C=O) groups excluding carboxylic acids is 1. The van der Waals surface area contributed by atoms with Gasteiger partial charge in [0.25, 0.3) is 0 Å². The Morgan fingerprint density at radius 1 is 0.525 bits per heavy atom. The number of ether oxygens (including phenoxy) is 7. The minimum Gasteiger partial charge on any atom is -0.457 e. The Morgan fingerprint density at radius 3 is 1.36 bits per heavy atom. The molecule has 4 heterocycles. The molecule has 0 radical (unpaired) electrons. The van der Waals surface area contributed by atoms with Gasteiger partial charge in [0.1, 0.15) is 102 Å². The zero-order valence-corrected chi connectivity index (χ0v) is 34.1. The SMILES string of the molecule is CC(=O)O[C@@H]1[C@@H](O)[C@H](SCC#Cc2ccc(C#CCS[C@H]3O[C@@H](CO)[C@H](O[C@H]4O[C@@H](CO)[C@@H](O)[C@@H](O)[C@@H]4O)[C@@H](O)[C@@H]3O)cc2)O[C@H](CO)[C@H]1O[C@@H]1O[C@H](CO)[C@H](O)[C@H](O)[C@H]1O. The van der Waals surface area contributed by atoms with E-state index in [0.717, 1.165) is 30.4 Å². The van der Waals surface area contributed by atoms with Crippen molar-refractivity contribution in [1.29, 1.82) is 0 Å². The molecule has 0 unspecified atom stereocenters. The molecule has 21 nitrogen and oxygen atoms in total. The van der Waals surface area contributed by atoms with Gasteiger partial charge >= 0.3 is 5.97 Å². The van der Waals surface area contributed by atoms with Crippen molar-refractivity contribution in [2.45, 2.75) is 128 Å². The molecule has 4 fully saturated rings. The van der Waals surface area contributed by atoms with Crippen LogP contribution in [0.5, 0.6) is 0 Å². The van der Waals surface area contributed by atoms with Gasteiger partial charge in [-0.2, -0.15) is 0 Å². The summed E-state index contributed by atoms with van der Waals surface area (Å²) in [6.45, 7) is -1.68. The highest BCUT2D eigenvalue weighted by atomic mass is 32.2. The van der Waals surface area contributed by atoms with E-state index in [0.29, 0.717) is 11.1 Å². The predicted molar refractivity (Wildman–Crippen MR) is 207 cm³/mol. The summed E-state index contributed by atoms with van der Waals surface area (Å²) in [5, 5.41) is 133. The fraction of sp³-hybridized carbons (Fsp3) is 0.711. The summed E-state index contributed by atoms with van der Waals surface area (Å²) in [4.78, 5) is 12.0. The van der Waals surface area contributed by atoms with Crippen LogP contribution in [-0.2, 0) is 38.0 Å². The van der Waals surface area contributed by atoms with Gasteiger partial charge in [0.2, 0.25) is 0 Å². The fourth-order valence-corrected chi connectivity index (χ4v) is 8.65. The Balaban J connectivity index is 1.11. The first kappa shape index (κ1) is 49.8. The first-order valence-corrected chi connectivity index (χ1v) is 21.2. The van der Waals surface area contributed by atoms with Crippen molar-refractivity contribution in [2.24, 2.45) is 0 Å². The topological polar surface area (TPSA) is 345 Å². The van der Waals surface area contributed by atoms with Gasteiger partial charge in [-0.15, -0.1) is 23.5 Å². The Bertz CT molecular complexity index is 1670. The Kier molecular flexibility index (Phi) is 18.8. The molecule has 5 rings (SSSR count). The number of benzene rings is 1. The third-order valence-electron chi connectivity index (χ3n) is 10.2. The van der Waals surface area contributed by atoms with Crippen LogP contribution in [0.4, 0.5) is 0 Å². The smallest absolute Gasteiger partial charge is 0.303 e. The van der Waals surface area contributed by atoms with Crippen LogP contribution in [0.1, 0.15) is 18.1 Å². The molecule has 4 aliphatic rings. The van der Waals surface area contributed by atoms with Gasteiger partial charge in [0, 0.05) is 18.1 Å². The van der Waals surface area contributed by atoms with E-state index < -0.39 is 154 Å². The van der Waals surface area contributed by atoms with Crippen LogP contribution in [-0.4, -0.2) is 231 Å². The lowest BCUT2D eigenvalue weighted by molar-refractivity contribution is -0.338. The van der Waals surface area contributed by atoms with Gasteiger partial charge in [-0.3, -0.25) is 4.79 Å². The molecule has 61 heavy (non-hydrogen) atoms. The summed E-state index contributed by atoms with van der Waals surface area (Å²) in [5.74, 6) is 11.2. The average molecular weight is 909 g/mol. The predicted octanol–water partition coefficient (Wildman–Crippen LogP) is -6.32. The molecule has 0 spiro atoms. The second-order valence-corrected chi connectivity index (χ2v) is 16.6. The molecule has 20 atom stereocenters. The van der Waals surface area contributed by atoms with E-state index in [1.54, 1.807) is 24.3 Å². The summed E-state index contributed by atoms with van der Waals surface area (Å²) in [7, 11) is 0. The third kappa shape index (κ3) is 12.1. The number of esters is 1. The van der Waals surface area contributed by atoms with Crippen molar-refractivity contribution < 1.29 is 104 Å². The van der Waals surface area contributed by atoms with Gasteiger partial charge in [-0.05, 0) is 24.3 Å². The quantitative estimate of drug-likeness (QED) is 0.0647. The number of aliphatic hydroxyl groups excluding tert-OH is 13. The van der Waals surface area contributed by atoms with Gasteiger partial charge in [-0.1, -0.05) is 23.7 Å². The molecule has 13 N–H and O–H groups in total. The van der Waals surface area contributed by atoms with E-state index in [1.165, 1.54) is 0 Å². The van der Waals surface area contributed by atoms with E-state index in [1.807, 2.05) is 0 Å². The van der Waals surface area contributed by atoms with E-state index in [2.05, 4.69) is 23.7 Å². The first-order valence-electron chi connectivity index (χ1n) is 19.1. The maximum absolute atomic E-state index is 12.0. The minimum absolute atomic E-state index is 0.116. The minimum atomic E-state index is -1.81. The zero-order chi connectivity index (χ0) is 44.5. The Labute approximate surface area is 358 Å². The molecule has 1 aromatic carbocycles. The molecule has 342 valence electrons. The van der Waals surface area contributed by atoms with Crippen LogP contribution in [0.2, 0.25) is 0 Å². The van der Waals surface area contributed by atoms with Crippen LogP contribution < -0.4 is 0 Å². The lowest BCUT2D eigenvalue weighted by Gasteiger charge is -2.46. The molecule has 0 aliphatic carbocycles. The molecule has 1 aromatic rings. The standard InChI is InChI=1S/C38H52O21S2/c1-16(43)53-34-31(52)38(57-22(15-42)33(34)59-36-29(50)26(47)24(45)20(13-40)55-36)61-11-3-5-18-8-6-17(7-9-18)4-2-10-60-37-30(51)27(48)32(21(14-41)56-37)58-35-28(49)25(46)23(44)19(12-39)54-35/h6-9,19-42,44-52H,10-15H2,1H3/t19-,20+,21-,22+,23+,24-,25+,26-,27-,28-,29+,30-,31+,32-,33+,34+,35+,36-,37+,38-/m0/s1. The summed E-state index contributed by atoms with van der Waals surface area (Å²) in [5.41, 5.74) is -0.865. The van der Waals surface area contributed by atoms with Gasteiger partial charge < -0.3 is 99.5 Å². The summed E-state index contributed by atoms with van der Waals surface area (Å²) in [6.07, 6.45) is -27.6. The Hall–Kier alpha value is -2.25. The molecular weight excluding hydrogens is 857 g/mol. The number of hydrogen-bond acceptors (Lipinski definition) is 23. The summed E-state index contributed by atoms with van der Waals surface area (Å²) < 4.78 is 39.0. The van der Waals surface area contributed by atoms with Crippen molar-refractivity contribution in [3.8, 4) is 23.7 Å². The van der Waals surface area contributed by atoms with Gasteiger partial charge in [0.15, 0.2) is 18.7 Å². The maximum Gasteiger partial charge on any atom is 0.303 e. The number of aliphatic hydroxyl groups is 13. The monoisotopic (exact) mass is 908 g/mol. The summed E-state index contributed by atoms with van der Waals surface area (Å²) in [6, 6.07) is 6.86. The molecule has 4 aliphatic heterocycles. The highest BCUT2D eigenvalue weighted by Gasteiger charge is 2.53. The van der Waals surface area contributed by atoms with Crippen LogP contribution >= 0.6 is 23.5 Å². The maximum atomic E-state index is 12.0. The molecule has 23 heteroatoms. The Morgan fingerprint density at radius 2 is 0.934 bits per heavy atom. The largest absolute Gasteiger partial charge is 0.457 e. The number of thioether (sulfide) groups is 2. The van der Waals surface area contributed by atoms with Crippen LogP contribution in [0.15, 0.2) is 24.3 Å². The van der Waals surface area contributed by atoms with Gasteiger partial charge in [-0.25, -0.2) is 0 Å². The van der Waals surface area contributed by atoms with Crippen LogP contribution in [0, 0.1) is 23.7 Å². The lowest BCUT2D eigenvalue weighted by Crippen LogP contribution is -2.64. The van der Waals surface area contributed by atoms with E-state index in [4.69, 9.17) is 33.2 Å². The van der Waals surface area contributed by atoms with E-state index in [9.17, 15) is 71.2 Å². The summed E-state index contributed by atoms with van der Waals surface area (Å²) >= 11 is 2.09. The fourth-order valence-electron chi connectivity index (χ4n) is 6.86. The van der Waals surface area contributed by atoms with E-state index in [-0.39, 0.29) is 11.5 Å². The first-order chi connectivity index (χ1) is 29.1. The van der Waals surface area contributed by atoms with Crippen molar-refractivity contribution in [2.75, 3.05) is 37.9 Å². The van der Waals surface area contributed by atoms with Gasteiger partial charge in [0.05, 0.1) is 37.9 Å². The molecule has 0 amide bonds. The molecule has 4 saturated heterocycles. The normalized spacial score (nSPS) is 41.5. The third-order valence-corrected chi connectivity index (χ3v) is 12.2. The molecular formula is C38H52O21S2. The second kappa shape index (κ2) is 23.1. The highest BCUT2D eigenvalue weighted by Crippen LogP contribution is 2.35. The lowest BCUT2D eigenvalue weighted by atomic mass is 9.97. The number of hydrogen-bond donors (Lipinski definition) is 13. The number of rotatable bonds is 13. The molecule has 0 aromatic heterocycles. The highest BCUT2D eigenvalue weighted by molar-refractivity contribution is 8.00. The van der Waals surface area contributed by atoms with Crippen molar-refractivity contribution in [3.63, 3.8) is 0 Å². The van der Waals surface area contributed by atoms with Crippen molar-refractivity contribution >= 4 is 29.5 Å². The van der Waals surface area contributed by atoms with Crippen molar-refractivity contribution in [1.82, 2.24) is 0 Å².